The number of ether oxygens (including phenoxy) is 1. The zero-order chi connectivity index (χ0) is 25.2. The highest BCUT2D eigenvalue weighted by molar-refractivity contribution is 6.18. The summed E-state index contributed by atoms with van der Waals surface area (Å²) in [6.45, 7) is 1.06. The first-order chi connectivity index (χ1) is 18.2. The van der Waals surface area contributed by atoms with E-state index in [1.165, 1.54) is 0 Å². The van der Waals surface area contributed by atoms with E-state index in [0.29, 0.717) is 18.7 Å². The predicted molar refractivity (Wildman–Crippen MR) is 149 cm³/mol. The van der Waals surface area contributed by atoms with E-state index in [-0.39, 0.29) is 0 Å². The monoisotopic (exact) mass is 481 g/mol. The van der Waals surface area contributed by atoms with Crippen molar-refractivity contribution in [3.05, 3.63) is 138 Å². The number of nitrogens with zero attached hydrogens (tertiary/aromatic N) is 1. The molecule has 0 fully saturated rings. The van der Waals surface area contributed by atoms with Crippen molar-refractivity contribution in [1.29, 1.82) is 0 Å². The Morgan fingerprint density at radius 3 is 2.30 bits per heavy atom. The van der Waals surface area contributed by atoms with Crippen molar-refractivity contribution in [3.8, 4) is 16.9 Å². The first-order valence-electron chi connectivity index (χ1n) is 12.3. The lowest BCUT2D eigenvalue weighted by molar-refractivity contribution is 0.100. The molecule has 0 unspecified atom stereocenters. The molecule has 0 atom stereocenters. The van der Waals surface area contributed by atoms with Gasteiger partial charge in [-0.05, 0) is 53.1 Å². The van der Waals surface area contributed by atoms with Gasteiger partial charge < -0.3 is 15.0 Å². The predicted octanol–water partition coefficient (Wildman–Crippen LogP) is 6.99. The molecule has 5 aromatic carbocycles. The highest BCUT2D eigenvalue weighted by atomic mass is 16.5. The van der Waals surface area contributed by atoms with Crippen molar-refractivity contribution < 1.29 is 9.53 Å². The second kappa shape index (κ2) is 9.67. The molecule has 4 nitrogen and oxygen atoms in total. The fourth-order valence-electron chi connectivity index (χ4n) is 4.91. The quantitative estimate of drug-likeness (QED) is 0.267. The van der Waals surface area contributed by atoms with E-state index in [4.69, 9.17) is 10.5 Å². The van der Waals surface area contributed by atoms with Gasteiger partial charge >= 0.3 is 0 Å². The molecule has 6 aromatic rings. The number of carbonyl (C=O) groups excluding carboxylic acids is 1. The minimum Gasteiger partial charge on any atom is -0.489 e. The third kappa shape index (κ3) is 4.34. The van der Waals surface area contributed by atoms with Gasteiger partial charge in [0.25, 0.3) is 0 Å². The molecule has 1 aromatic heterocycles. The van der Waals surface area contributed by atoms with Gasteiger partial charge in [-0.3, -0.25) is 4.79 Å². The van der Waals surface area contributed by atoms with E-state index in [1.807, 2.05) is 72.8 Å². The minimum absolute atomic E-state index is 0.447. The van der Waals surface area contributed by atoms with Crippen molar-refractivity contribution >= 4 is 27.7 Å². The van der Waals surface area contributed by atoms with Crippen molar-refractivity contribution in [2.75, 3.05) is 0 Å². The molecule has 2 N–H and O–H groups in total. The molecule has 0 aliphatic heterocycles. The molecule has 0 saturated heterocycles. The summed E-state index contributed by atoms with van der Waals surface area (Å²) in [5, 5.41) is 1.71. The second-order valence-electron chi connectivity index (χ2n) is 9.05. The van der Waals surface area contributed by atoms with E-state index >= 15 is 0 Å². The molecule has 1 radical (unpaired) electrons. The summed E-state index contributed by atoms with van der Waals surface area (Å²) in [6.07, 6.45) is 0. The zero-order valence-corrected chi connectivity index (χ0v) is 20.2. The Hall–Kier alpha value is -4.83. The minimum atomic E-state index is -0.447. The Bertz CT molecular complexity index is 1720. The van der Waals surface area contributed by atoms with Gasteiger partial charge in [-0.2, -0.15) is 0 Å². The van der Waals surface area contributed by atoms with Crippen LogP contribution in [0, 0.1) is 6.07 Å². The number of aromatic nitrogens is 1. The Kier molecular flexibility index (Phi) is 5.91. The van der Waals surface area contributed by atoms with E-state index < -0.39 is 5.91 Å². The average molecular weight is 482 g/mol. The Morgan fingerprint density at radius 2 is 1.51 bits per heavy atom. The van der Waals surface area contributed by atoms with E-state index in [0.717, 1.165) is 49.8 Å². The summed E-state index contributed by atoms with van der Waals surface area (Å²) in [4.78, 5) is 12.4. The molecule has 1 amide bonds. The SMILES string of the molecule is NC(=O)c1cccc2c1c1[c]cc(-c3ccccc3)cc1n2Cc1ccccc1OCc1ccccc1. The standard InChI is InChI=1S/C33H25N2O2/c34-33(36)28-15-9-16-29-32(28)27-19-18-25(24-12-5-2-6-13-24)20-30(27)35(29)21-26-14-7-8-17-31(26)37-22-23-10-3-1-4-11-23/h1-18,20H,21-22H2,(H2,34,36). The number of para-hydroxylation sites is 1. The fraction of sp³-hybridized carbons (Fsp3) is 0.0606. The number of fused-ring (bicyclic) bond motifs is 3. The van der Waals surface area contributed by atoms with Crippen LogP contribution in [0.15, 0.2) is 115 Å². The van der Waals surface area contributed by atoms with Gasteiger partial charge in [0.05, 0.1) is 17.6 Å². The van der Waals surface area contributed by atoms with Crippen LogP contribution in [0.2, 0.25) is 0 Å². The van der Waals surface area contributed by atoms with Crippen LogP contribution in [0.3, 0.4) is 0 Å². The molecule has 1 heterocycles. The normalized spacial score (nSPS) is 11.1. The lowest BCUT2D eigenvalue weighted by Gasteiger charge is -2.14. The van der Waals surface area contributed by atoms with Gasteiger partial charge in [0.15, 0.2) is 0 Å². The first-order valence-corrected chi connectivity index (χ1v) is 12.3. The molecule has 0 spiro atoms. The fourth-order valence-corrected chi connectivity index (χ4v) is 4.91. The van der Waals surface area contributed by atoms with E-state index in [2.05, 4.69) is 47.0 Å². The Balaban J connectivity index is 1.49. The van der Waals surface area contributed by atoms with E-state index in [1.54, 1.807) is 6.07 Å². The third-order valence-electron chi connectivity index (χ3n) is 6.71. The number of benzene rings is 5. The van der Waals surface area contributed by atoms with Crippen LogP contribution in [0.25, 0.3) is 32.9 Å². The van der Waals surface area contributed by atoms with Crippen LogP contribution in [-0.4, -0.2) is 10.5 Å². The maximum Gasteiger partial charge on any atom is 0.249 e. The first kappa shape index (κ1) is 22.6. The van der Waals surface area contributed by atoms with Crippen LogP contribution >= 0.6 is 0 Å². The number of primary amides is 1. The van der Waals surface area contributed by atoms with Gasteiger partial charge in [0.2, 0.25) is 5.91 Å². The van der Waals surface area contributed by atoms with Crippen LogP contribution in [-0.2, 0) is 13.2 Å². The lowest BCUT2D eigenvalue weighted by atomic mass is 10.0. The lowest BCUT2D eigenvalue weighted by Crippen LogP contribution is -2.11. The van der Waals surface area contributed by atoms with Gasteiger partial charge in [-0.15, -0.1) is 0 Å². The average Bonchev–Trinajstić information content (AvgIpc) is 3.26. The number of carbonyl (C=O) groups is 1. The summed E-state index contributed by atoms with van der Waals surface area (Å²) < 4.78 is 8.48. The largest absolute Gasteiger partial charge is 0.489 e. The van der Waals surface area contributed by atoms with Crippen molar-refractivity contribution in [2.24, 2.45) is 5.73 Å². The van der Waals surface area contributed by atoms with Crippen molar-refractivity contribution in [1.82, 2.24) is 4.57 Å². The Labute approximate surface area is 215 Å². The third-order valence-corrected chi connectivity index (χ3v) is 6.71. The summed E-state index contributed by atoms with van der Waals surface area (Å²) in [5.41, 5.74) is 12.5. The van der Waals surface area contributed by atoms with E-state index in [9.17, 15) is 4.79 Å². The number of hydrogen-bond acceptors (Lipinski definition) is 2. The highest BCUT2D eigenvalue weighted by Gasteiger charge is 2.18. The van der Waals surface area contributed by atoms with Gasteiger partial charge in [0.1, 0.15) is 12.4 Å². The molecule has 0 bridgehead atoms. The maximum absolute atomic E-state index is 12.4. The van der Waals surface area contributed by atoms with Crippen LogP contribution < -0.4 is 10.5 Å². The molecule has 6 rings (SSSR count). The van der Waals surface area contributed by atoms with Crippen LogP contribution in [0.1, 0.15) is 21.5 Å². The maximum atomic E-state index is 12.4. The molecule has 37 heavy (non-hydrogen) atoms. The van der Waals surface area contributed by atoms with Gasteiger partial charge in [0, 0.05) is 21.9 Å². The molecule has 0 aliphatic rings. The van der Waals surface area contributed by atoms with Crippen molar-refractivity contribution in [2.45, 2.75) is 13.2 Å². The summed E-state index contributed by atoms with van der Waals surface area (Å²) in [6, 6.07) is 41.8. The Morgan fingerprint density at radius 1 is 0.784 bits per heavy atom. The number of rotatable bonds is 7. The zero-order valence-electron chi connectivity index (χ0n) is 20.2. The number of nitrogens with two attached hydrogens (primary N) is 1. The summed E-state index contributed by atoms with van der Waals surface area (Å²) >= 11 is 0. The van der Waals surface area contributed by atoms with Crippen LogP contribution in [0.4, 0.5) is 0 Å². The van der Waals surface area contributed by atoms with Crippen molar-refractivity contribution in [3.63, 3.8) is 0 Å². The summed E-state index contributed by atoms with van der Waals surface area (Å²) in [5.74, 6) is 0.382. The highest BCUT2D eigenvalue weighted by Crippen LogP contribution is 2.35. The smallest absolute Gasteiger partial charge is 0.249 e. The topological polar surface area (TPSA) is 57.2 Å². The summed E-state index contributed by atoms with van der Waals surface area (Å²) in [7, 11) is 0. The number of hydrogen-bond donors (Lipinski definition) is 1. The number of amides is 1. The van der Waals surface area contributed by atoms with Crippen LogP contribution in [0.5, 0.6) is 5.75 Å². The molecule has 0 saturated carbocycles. The molecular formula is C33H25N2O2. The molecule has 0 aliphatic carbocycles. The molecule has 179 valence electrons. The molecular weight excluding hydrogens is 456 g/mol. The second-order valence-corrected chi connectivity index (χ2v) is 9.05. The van der Waals surface area contributed by atoms with Gasteiger partial charge in [-0.25, -0.2) is 0 Å². The van der Waals surface area contributed by atoms with Gasteiger partial charge in [-0.1, -0.05) is 84.9 Å². The molecule has 4 heteroatoms.